The van der Waals surface area contributed by atoms with Crippen LogP contribution in [0, 0.1) is 25.2 Å². The number of amides is 2. The highest BCUT2D eigenvalue weighted by molar-refractivity contribution is 8.00. The maximum absolute atomic E-state index is 11.9. The highest BCUT2D eigenvalue weighted by Gasteiger charge is 2.12. The fourth-order valence-corrected chi connectivity index (χ4v) is 2.90. The van der Waals surface area contributed by atoms with Crippen molar-refractivity contribution in [2.75, 3.05) is 5.75 Å². The molecular weight excluding hydrogens is 324 g/mol. The van der Waals surface area contributed by atoms with Gasteiger partial charge in [-0.25, -0.2) is 4.98 Å². The molecule has 122 valence electrons. The summed E-state index contributed by atoms with van der Waals surface area (Å²) < 4.78 is 0. The number of hydrazine groups is 1. The third-order valence-electron chi connectivity index (χ3n) is 3.11. The molecule has 6 nitrogen and oxygen atoms in total. The summed E-state index contributed by atoms with van der Waals surface area (Å²) in [4.78, 5) is 28.0. The van der Waals surface area contributed by atoms with Gasteiger partial charge >= 0.3 is 0 Å². The molecular formula is C17H16N4O2S. The monoisotopic (exact) mass is 340 g/mol. The van der Waals surface area contributed by atoms with E-state index in [0.717, 1.165) is 23.0 Å². The van der Waals surface area contributed by atoms with Crippen LogP contribution in [0.1, 0.15) is 27.2 Å². The minimum Gasteiger partial charge on any atom is -0.272 e. The molecule has 1 heterocycles. The van der Waals surface area contributed by atoms with Gasteiger partial charge in [-0.15, -0.1) is 0 Å². The zero-order chi connectivity index (χ0) is 17.5. The zero-order valence-corrected chi connectivity index (χ0v) is 14.1. The number of rotatable bonds is 4. The molecule has 7 heteroatoms. The summed E-state index contributed by atoms with van der Waals surface area (Å²) in [7, 11) is 0. The van der Waals surface area contributed by atoms with Gasteiger partial charge in [-0.3, -0.25) is 20.4 Å². The van der Waals surface area contributed by atoms with E-state index in [1.54, 1.807) is 30.3 Å². The van der Waals surface area contributed by atoms with E-state index in [4.69, 9.17) is 0 Å². The van der Waals surface area contributed by atoms with Crippen molar-refractivity contribution in [1.82, 2.24) is 15.8 Å². The third-order valence-corrected chi connectivity index (χ3v) is 4.09. The Morgan fingerprint density at radius 1 is 1.21 bits per heavy atom. The SMILES string of the molecule is Cc1cc(C)c(C#N)c(SCC(=O)NNC(=O)c2ccccc2)n1. The van der Waals surface area contributed by atoms with Crippen molar-refractivity contribution in [1.29, 1.82) is 5.26 Å². The molecule has 24 heavy (non-hydrogen) atoms. The van der Waals surface area contributed by atoms with Crippen LogP contribution in [0.5, 0.6) is 0 Å². The molecule has 0 aliphatic carbocycles. The lowest BCUT2D eigenvalue weighted by Crippen LogP contribution is -2.42. The Kier molecular flexibility index (Phi) is 5.93. The normalized spacial score (nSPS) is 9.88. The van der Waals surface area contributed by atoms with Crippen LogP contribution in [0.25, 0.3) is 0 Å². The molecule has 0 aliphatic heterocycles. The van der Waals surface area contributed by atoms with Crippen LogP contribution in [0.4, 0.5) is 0 Å². The average Bonchev–Trinajstić information content (AvgIpc) is 2.58. The summed E-state index contributed by atoms with van der Waals surface area (Å²) in [6, 6.07) is 12.5. The van der Waals surface area contributed by atoms with E-state index >= 15 is 0 Å². The van der Waals surface area contributed by atoms with Crippen LogP contribution in [-0.2, 0) is 4.79 Å². The molecule has 2 rings (SSSR count). The lowest BCUT2D eigenvalue weighted by molar-refractivity contribution is -0.119. The van der Waals surface area contributed by atoms with Gasteiger partial charge in [0, 0.05) is 11.3 Å². The van der Waals surface area contributed by atoms with Gasteiger partial charge in [-0.1, -0.05) is 30.0 Å². The Morgan fingerprint density at radius 2 is 1.92 bits per heavy atom. The van der Waals surface area contributed by atoms with Crippen LogP contribution >= 0.6 is 11.8 Å². The van der Waals surface area contributed by atoms with Gasteiger partial charge in [0.2, 0.25) is 5.91 Å². The predicted molar refractivity (Wildman–Crippen MR) is 91.2 cm³/mol. The predicted octanol–water partition coefficient (Wildman–Crippen LogP) is 2.12. The van der Waals surface area contributed by atoms with Crippen LogP contribution < -0.4 is 10.9 Å². The van der Waals surface area contributed by atoms with E-state index in [2.05, 4.69) is 21.9 Å². The van der Waals surface area contributed by atoms with Crippen molar-refractivity contribution < 1.29 is 9.59 Å². The summed E-state index contributed by atoms with van der Waals surface area (Å²) in [5.74, 6) is -0.732. The fraction of sp³-hybridized carbons (Fsp3) is 0.176. The Morgan fingerprint density at radius 3 is 2.58 bits per heavy atom. The maximum atomic E-state index is 11.9. The molecule has 1 aromatic carbocycles. The largest absolute Gasteiger partial charge is 0.272 e. The first kappa shape index (κ1) is 17.5. The van der Waals surface area contributed by atoms with Crippen molar-refractivity contribution in [2.45, 2.75) is 18.9 Å². The highest BCUT2D eigenvalue weighted by Crippen LogP contribution is 2.23. The van der Waals surface area contributed by atoms with E-state index in [1.165, 1.54) is 0 Å². The highest BCUT2D eigenvalue weighted by atomic mass is 32.2. The van der Waals surface area contributed by atoms with Gasteiger partial charge in [-0.05, 0) is 37.6 Å². The first-order chi connectivity index (χ1) is 11.5. The number of nitriles is 1. The van der Waals surface area contributed by atoms with Crippen LogP contribution in [-0.4, -0.2) is 22.6 Å². The molecule has 0 spiro atoms. The number of hydrogen-bond donors (Lipinski definition) is 2. The van der Waals surface area contributed by atoms with E-state index in [1.807, 2.05) is 19.9 Å². The standard InChI is InChI=1S/C17H16N4O2S/c1-11-8-12(2)19-17(14(11)9-18)24-10-15(22)20-21-16(23)13-6-4-3-5-7-13/h3-8H,10H2,1-2H3,(H,20,22)(H,21,23). The van der Waals surface area contributed by atoms with E-state index in [9.17, 15) is 14.9 Å². The maximum Gasteiger partial charge on any atom is 0.269 e. The number of hydrogen-bond acceptors (Lipinski definition) is 5. The molecule has 0 radical (unpaired) electrons. The number of nitrogens with zero attached hydrogens (tertiary/aromatic N) is 2. The van der Waals surface area contributed by atoms with Crippen molar-refractivity contribution in [3.05, 3.63) is 58.8 Å². The molecule has 0 saturated carbocycles. The van der Waals surface area contributed by atoms with Gasteiger partial charge in [0.25, 0.3) is 5.91 Å². The minimum atomic E-state index is -0.392. The van der Waals surface area contributed by atoms with Crippen LogP contribution in [0.15, 0.2) is 41.4 Å². The van der Waals surface area contributed by atoms with Crippen molar-refractivity contribution in [2.24, 2.45) is 0 Å². The van der Waals surface area contributed by atoms with Crippen LogP contribution in [0.2, 0.25) is 0 Å². The lowest BCUT2D eigenvalue weighted by atomic mass is 10.1. The summed E-state index contributed by atoms with van der Waals surface area (Å²) in [5.41, 5.74) is 7.22. The summed E-state index contributed by atoms with van der Waals surface area (Å²) in [6.45, 7) is 3.66. The molecule has 0 bridgehead atoms. The number of aromatic nitrogens is 1. The minimum absolute atomic E-state index is 0.0413. The summed E-state index contributed by atoms with van der Waals surface area (Å²) in [5, 5.41) is 9.71. The molecule has 1 aromatic heterocycles. The molecule has 0 saturated heterocycles. The zero-order valence-electron chi connectivity index (χ0n) is 13.3. The molecule has 2 N–H and O–H groups in total. The molecule has 0 aliphatic rings. The van der Waals surface area contributed by atoms with E-state index in [0.29, 0.717) is 16.2 Å². The number of nitrogens with one attached hydrogen (secondary N) is 2. The average molecular weight is 340 g/mol. The van der Waals surface area contributed by atoms with Gasteiger partial charge < -0.3 is 0 Å². The van der Waals surface area contributed by atoms with Gasteiger partial charge in [0.1, 0.15) is 11.1 Å². The number of carbonyl (C=O) groups excluding carboxylic acids is 2. The van der Waals surface area contributed by atoms with Gasteiger partial charge in [-0.2, -0.15) is 5.26 Å². The topological polar surface area (TPSA) is 94.9 Å². The Balaban J connectivity index is 1.90. The quantitative estimate of drug-likeness (QED) is 0.657. The van der Waals surface area contributed by atoms with Crippen molar-refractivity contribution >= 4 is 23.6 Å². The fourth-order valence-electron chi connectivity index (χ4n) is 2.00. The molecule has 0 fully saturated rings. The molecule has 0 unspecified atom stereocenters. The molecule has 2 aromatic rings. The van der Waals surface area contributed by atoms with Crippen molar-refractivity contribution in [3.8, 4) is 6.07 Å². The summed E-state index contributed by atoms with van der Waals surface area (Å²) >= 11 is 1.16. The number of carbonyl (C=O) groups is 2. The third kappa shape index (κ3) is 4.57. The van der Waals surface area contributed by atoms with Gasteiger partial charge in [0.15, 0.2) is 0 Å². The number of thioether (sulfide) groups is 1. The Hall–Kier alpha value is -2.85. The second-order valence-electron chi connectivity index (χ2n) is 5.03. The van der Waals surface area contributed by atoms with Crippen LogP contribution in [0.3, 0.4) is 0 Å². The smallest absolute Gasteiger partial charge is 0.269 e. The van der Waals surface area contributed by atoms with Gasteiger partial charge in [0.05, 0.1) is 11.3 Å². The number of pyridine rings is 1. The first-order valence-corrected chi connectivity index (χ1v) is 8.15. The Bertz CT molecular complexity index is 800. The lowest BCUT2D eigenvalue weighted by Gasteiger charge is -2.09. The second-order valence-corrected chi connectivity index (χ2v) is 5.99. The number of aryl methyl sites for hydroxylation is 2. The second kappa shape index (κ2) is 8.13. The van der Waals surface area contributed by atoms with E-state index in [-0.39, 0.29) is 11.7 Å². The van der Waals surface area contributed by atoms with E-state index < -0.39 is 5.91 Å². The summed E-state index contributed by atoms with van der Waals surface area (Å²) in [6.07, 6.45) is 0. The molecule has 2 amide bonds. The number of benzene rings is 1. The molecule has 0 atom stereocenters. The Labute approximate surface area is 144 Å². The van der Waals surface area contributed by atoms with Crippen molar-refractivity contribution in [3.63, 3.8) is 0 Å². The first-order valence-electron chi connectivity index (χ1n) is 7.16.